The molecule has 0 aromatic heterocycles. The SMILES string of the molecule is CCC(=O)[C@H]1CCCN(c2cc(F)cc(F)c2)C1=O. The van der Waals surface area contributed by atoms with Crippen LogP contribution in [0.3, 0.4) is 0 Å². The fraction of sp³-hybridized carbons (Fsp3) is 0.429. The lowest BCUT2D eigenvalue weighted by molar-refractivity contribution is -0.133. The molecule has 102 valence electrons. The topological polar surface area (TPSA) is 37.4 Å². The Morgan fingerprint density at radius 1 is 1.32 bits per heavy atom. The fourth-order valence-corrected chi connectivity index (χ4v) is 2.37. The fourth-order valence-electron chi connectivity index (χ4n) is 2.37. The number of nitrogens with zero attached hydrogens (tertiary/aromatic N) is 1. The third kappa shape index (κ3) is 2.80. The number of benzene rings is 1. The summed E-state index contributed by atoms with van der Waals surface area (Å²) in [5.41, 5.74) is 0.177. The molecule has 0 bridgehead atoms. The minimum atomic E-state index is -0.730. The molecule has 1 aromatic carbocycles. The van der Waals surface area contributed by atoms with Gasteiger partial charge in [-0.05, 0) is 25.0 Å². The number of rotatable bonds is 3. The Bertz CT molecular complexity index is 496. The Hall–Kier alpha value is -1.78. The minimum absolute atomic E-state index is 0.119. The molecule has 3 nitrogen and oxygen atoms in total. The van der Waals surface area contributed by atoms with Crippen LogP contribution in [0.5, 0.6) is 0 Å². The summed E-state index contributed by atoms with van der Waals surface area (Å²) < 4.78 is 26.4. The quantitative estimate of drug-likeness (QED) is 0.790. The van der Waals surface area contributed by atoms with Crippen LogP contribution in [0.4, 0.5) is 14.5 Å². The number of carbonyl (C=O) groups excluding carboxylic acids is 2. The van der Waals surface area contributed by atoms with Crippen molar-refractivity contribution >= 4 is 17.4 Å². The van der Waals surface area contributed by atoms with Gasteiger partial charge in [-0.3, -0.25) is 9.59 Å². The van der Waals surface area contributed by atoms with Gasteiger partial charge in [0.25, 0.3) is 0 Å². The van der Waals surface area contributed by atoms with E-state index in [0.29, 0.717) is 25.8 Å². The van der Waals surface area contributed by atoms with Gasteiger partial charge in [0.05, 0.1) is 5.92 Å². The summed E-state index contributed by atoms with van der Waals surface area (Å²) in [4.78, 5) is 25.2. The maximum absolute atomic E-state index is 13.2. The van der Waals surface area contributed by atoms with Gasteiger partial charge in [0.1, 0.15) is 17.4 Å². The molecule has 0 aliphatic carbocycles. The highest BCUT2D eigenvalue weighted by Gasteiger charge is 2.33. The molecule has 0 N–H and O–H groups in total. The van der Waals surface area contributed by atoms with Crippen LogP contribution in [-0.4, -0.2) is 18.2 Å². The predicted molar refractivity (Wildman–Crippen MR) is 66.7 cm³/mol. The maximum atomic E-state index is 13.2. The molecule has 0 radical (unpaired) electrons. The van der Waals surface area contributed by atoms with E-state index in [9.17, 15) is 18.4 Å². The highest BCUT2D eigenvalue weighted by Crippen LogP contribution is 2.26. The number of anilines is 1. The molecule has 1 aromatic rings. The average molecular weight is 267 g/mol. The van der Waals surface area contributed by atoms with Crippen molar-refractivity contribution in [3.8, 4) is 0 Å². The third-order valence-electron chi connectivity index (χ3n) is 3.33. The summed E-state index contributed by atoms with van der Waals surface area (Å²) in [6.07, 6.45) is 1.46. The number of hydrogen-bond acceptors (Lipinski definition) is 2. The summed E-state index contributed by atoms with van der Waals surface area (Å²) in [5, 5.41) is 0. The monoisotopic (exact) mass is 267 g/mol. The van der Waals surface area contributed by atoms with Gasteiger partial charge in [-0.1, -0.05) is 6.92 Å². The Morgan fingerprint density at radius 3 is 2.53 bits per heavy atom. The van der Waals surface area contributed by atoms with Gasteiger partial charge in [-0.2, -0.15) is 0 Å². The third-order valence-corrected chi connectivity index (χ3v) is 3.33. The van der Waals surface area contributed by atoms with Crippen molar-refractivity contribution in [2.24, 2.45) is 5.92 Å². The van der Waals surface area contributed by atoms with Gasteiger partial charge in [0.15, 0.2) is 0 Å². The number of halogens is 2. The van der Waals surface area contributed by atoms with Crippen LogP contribution in [0.25, 0.3) is 0 Å². The van der Waals surface area contributed by atoms with Crippen molar-refractivity contribution in [2.45, 2.75) is 26.2 Å². The van der Waals surface area contributed by atoms with Crippen LogP contribution >= 0.6 is 0 Å². The molecule has 1 amide bonds. The molecule has 1 fully saturated rings. The first-order valence-corrected chi connectivity index (χ1v) is 6.33. The molecule has 0 spiro atoms. The van der Waals surface area contributed by atoms with E-state index in [4.69, 9.17) is 0 Å². The Kier molecular flexibility index (Phi) is 3.93. The zero-order chi connectivity index (χ0) is 14.0. The van der Waals surface area contributed by atoms with Crippen molar-refractivity contribution in [1.29, 1.82) is 0 Å². The van der Waals surface area contributed by atoms with Crippen LogP contribution < -0.4 is 4.90 Å². The van der Waals surface area contributed by atoms with Gasteiger partial charge >= 0.3 is 0 Å². The molecule has 1 heterocycles. The molecule has 1 saturated heterocycles. The second-order valence-corrected chi connectivity index (χ2v) is 4.63. The molecular weight excluding hydrogens is 252 g/mol. The lowest BCUT2D eigenvalue weighted by Gasteiger charge is -2.31. The number of amides is 1. The molecule has 1 aliphatic rings. The number of carbonyl (C=O) groups is 2. The van der Waals surface area contributed by atoms with Gasteiger partial charge in [-0.25, -0.2) is 8.78 Å². The molecular formula is C14H15F2NO2. The zero-order valence-electron chi connectivity index (χ0n) is 10.7. The highest BCUT2D eigenvalue weighted by molar-refractivity contribution is 6.08. The first-order chi connectivity index (χ1) is 9.02. The minimum Gasteiger partial charge on any atom is -0.312 e. The van der Waals surface area contributed by atoms with Crippen LogP contribution in [0.1, 0.15) is 26.2 Å². The van der Waals surface area contributed by atoms with Crippen molar-refractivity contribution in [1.82, 2.24) is 0 Å². The molecule has 1 atom stereocenters. The number of piperidine rings is 1. The maximum Gasteiger partial charge on any atom is 0.237 e. The van der Waals surface area contributed by atoms with E-state index in [1.807, 2.05) is 0 Å². The normalized spacial score (nSPS) is 19.6. The largest absolute Gasteiger partial charge is 0.312 e. The second kappa shape index (κ2) is 5.47. The van der Waals surface area contributed by atoms with E-state index in [2.05, 4.69) is 0 Å². The van der Waals surface area contributed by atoms with Gasteiger partial charge in [0, 0.05) is 24.7 Å². The van der Waals surface area contributed by atoms with E-state index < -0.39 is 17.6 Å². The highest BCUT2D eigenvalue weighted by atomic mass is 19.1. The van der Waals surface area contributed by atoms with E-state index in [1.165, 1.54) is 4.90 Å². The zero-order valence-corrected chi connectivity index (χ0v) is 10.7. The lowest BCUT2D eigenvalue weighted by Crippen LogP contribution is -2.44. The van der Waals surface area contributed by atoms with Crippen molar-refractivity contribution in [2.75, 3.05) is 11.4 Å². The first-order valence-electron chi connectivity index (χ1n) is 6.33. The Morgan fingerprint density at radius 2 is 1.95 bits per heavy atom. The summed E-state index contributed by atoms with van der Waals surface area (Å²) in [6, 6.07) is 2.98. The lowest BCUT2D eigenvalue weighted by atomic mass is 9.91. The van der Waals surface area contributed by atoms with Gasteiger partial charge < -0.3 is 4.90 Å². The van der Waals surface area contributed by atoms with Crippen molar-refractivity contribution < 1.29 is 18.4 Å². The van der Waals surface area contributed by atoms with Crippen LogP contribution in [0.2, 0.25) is 0 Å². The van der Waals surface area contributed by atoms with E-state index >= 15 is 0 Å². The smallest absolute Gasteiger partial charge is 0.237 e. The first kappa shape index (κ1) is 13.6. The van der Waals surface area contributed by atoms with Crippen molar-refractivity contribution in [3.05, 3.63) is 29.8 Å². The summed E-state index contributed by atoms with van der Waals surface area (Å²) in [6.45, 7) is 2.09. The van der Waals surface area contributed by atoms with Crippen LogP contribution in [0, 0.1) is 17.6 Å². The van der Waals surface area contributed by atoms with Gasteiger partial charge in [-0.15, -0.1) is 0 Å². The Balaban J connectivity index is 2.29. The number of ketones is 1. The number of hydrogen-bond donors (Lipinski definition) is 0. The standard InChI is InChI=1S/C14H15F2NO2/c1-2-13(18)12-4-3-5-17(14(12)19)11-7-9(15)6-10(16)8-11/h6-8,12H,2-5H2,1H3/t12-/m1/s1. The van der Waals surface area contributed by atoms with Crippen molar-refractivity contribution in [3.63, 3.8) is 0 Å². The summed E-state index contributed by atoms with van der Waals surface area (Å²) in [5.74, 6) is -2.61. The molecule has 0 unspecified atom stereocenters. The van der Waals surface area contributed by atoms with Crippen LogP contribution in [-0.2, 0) is 9.59 Å². The Labute approximate surface area is 110 Å². The summed E-state index contributed by atoms with van der Waals surface area (Å²) in [7, 11) is 0. The van der Waals surface area contributed by atoms with E-state index in [-0.39, 0.29) is 17.4 Å². The summed E-state index contributed by atoms with van der Waals surface area (Å²) >= 11 is 0. The molecule has 1 aliphatic heterocycles. The van der Waals surface area contributed by atoms with E-state index in [0.717, 1.165) is 18.2 Å². The molecule has 5 heteroatoms. The van der Waals surface area contributed by atoms with E-state index in [1.54, 1.807) is 6.92 Å². The predicted octanol–water partition coefficient (Wildman–Crippen LogP) is 2.69. The van der Waals surface area contributed by atoms with Crippen LogP contribution in [0.15, 0.2) is 18.2 Å². The molecule has 2 rings (SSSR count). The second-order valence-electron chi connectivity index (χ2n) is 4.63. The number of Topliss-reactive ketones (excluding diaryl/α,β-unsaturated/α-hetero) is 1. The average Bonchev–Trinajstić information content (AvgIpc) is 2.37. The van der Waals surface area contributed by atoms with Gasteiger partial charge in [0.2, 0.25) is 5.91 Å². The molecule has 19 heavy (non-hydrogen) atoms. The molecule has 0 saturated carbocycles.